The molecule has 0 saturated carbocycles. The SMILES string of the molecule is Cc1ccc(OC(C)C(=O)Nc2cc(N3CCCCC3)ncn2)c(C(C)(C)C)c1. The molecule has 6 nitrogen and oxygen atoms in total. The molecular weight excluding hydrogens is 364 g/mol. The van der Waals surface area contributed by atoms with Gasteiger partial charge in [-0.25, -0.2) is 9.97 Å². The van der Waals surface area contributed by atoms with Crippen molar-refractivity contribution in [2.45, 2.75) is 65.4 Å². The smallest absolute Gasteiger partial charge is 0.266 e. The standard InChI is InChI=1S/C23H32N4O2/c1-16-9-10-19(18(13-16)23(3,4)5)29-17(2)22(28)26-20-14-21(25-15-24-20)27-11-7-6-8-12-27/h9-10,13-15,17H,6-8,11-12H2,1-5H3,(H,24,25,26,28). The van der Waals surface area contributed by atoms with E-state index in [0.717, 1.165) is 30.2 Å². The molecule has 2 aromatic rings. The fourth-order valence-corrected chi connectivity index (χ4v) is 3.52. The van der Waals surface area contributed by atoms with Gasteiger partial charge in [-0.2, -0.15) is 0 Å². The Labute approximate surface area is 173 Å². The number of nitrogens with one attached hydrogen (secondary N) is 1. The number of piperidine rings is 1. The van der Waals surface area contributed by atoms with Gasteiger partial charge in [-0.15, -0.1) is 0 Å². The number of aryl methyl sites for hydroxylation is 1. The Bertz CT molecular complexity index is 854. The van der Waals surface area contributed by atoms with Crippen molar-refractivity contribution >= 4 is 17.5 Å². The first-order valence-electron chi connectivity index (χ1n) is 10.4. The van der Waals surface area contributed by atoms with Crippen LogP contribution < -0.4 is 15.0 Å². The highest BCUT2D eigenvalue weighted by Gasteiger charge is 2.23. The third-order valence-corrected chi connectivity index (χ3v) is 5.20. The summed E-state index contributed by atoms with van der Waals surface area (Å²) in [7, 11) is 0. The van der Waals surface area contributed by atoms with Crippen molar-refractivity contribution in [2.75, 3.05) is 23.3 Å². The van der Waals surface area contributed by atoms with E-state index in [-0.39, 0.29) is 11.3 Å². The highest BCUT2D eigenvalue weighted by atomic mass is 16.5. The minimum absolute atomic E-state index is 0.0758. The second-order valence-electron chi connectivity index (χ2n) is 8.81. The summed E-state index contributed by atoms with van der Waals surface area (Å²) in [5.41, 5.74) is 2.19. The van der Waals surface area contributed by atoms with Gasteiger partial charge < -0.3 is 15.0 Å². The molecule has 1 atom stereocenters. The van der Waals surface area contributed by atoms with Crippen molar-refractivity contribution in [2.24, 2.45) is 0 Å². The van der Waals surface area contributed by atoms with Gasteiger partial charge in [-0.3, -0.25) is 4.79 Å². The second-order valence-corrected chi connectivity index (χ2v) is 8.81. The highest BCUT2D eigenvalue weighted by Crippen LogP contribution is 2.32. The lowest BCUT2D eigenvalue weighted by molar-refractivity contribution is -0.122. The Morgan fingerprint density at radius 3 is 2.55 bits per heavy atom. The first-order valence-corrected chi connectivity index (χ1v) is 10.4. The minimum atomic E-state index is -0.646. The number of carbonyl (C=O) groups excluding carboxylic acids is 1. The molecule has 1 aliphatic rings. The molecule has 156 valence electrons. The van der Waals surface area contributed by atoms with Crippen LogP contribution in [0.1, 0.15) is 58.1 Å². The van der Waals surface area contributed by atoms with Crippen LogP contribution in [0.4, 0.5) is 11.6 Å². The number of aromatic nitrogens is 2. The van der Waals surface area contributed by atoms with Crippen LogP contribution in [-0.4, -0.2) is 35.1 Å². The maximum absolute atomic E-state index is 12.7. The number of ether oxygens (including phenoxy) is 1. The van der Waals surface area contributed by atoms with Gasteiger partial charge in [-0.1, -0.05) is 38.5 Å². The Kier molecular flexibility index (Phi) is 6.40. The van der Waals surface area contributed by atoms with E-state index < -0.39 is 6.10 Å². The predicted molar refractivity (Wildman–Crippen MR) is 117 cm³/mol. The molecule has 0 spiro atoms. The zero-order chi connectivity index (χ0) is 21.0. The summed E-state index contributed by atoms with van der Waals surface area (Å²) < 4.78 is 6.04. The van der Waals surface area contributed by atoms with Crippen LogP contribution in [0, 0.1) is 6.92 Å². The number of amides is 1. The molecule has 1 amide bonds. The van der Waals surface area contributed by atoms with Crippen LogP contribution in [0.5, 0.6) is 5.75 Å². The number of hydrogen-bond donors (Lipinski definition) is 1. The van der Waals surface area contributed by atoms with Gasteiger partial charge in [0, 0.05) is 19.2 Å². The summed E-state index contributed by atoms with van der Waals surface area (Å²) in [5.74, 6) is 1.87. The van der Waals surface area contributed by atoms with Crippen LogP contribution in [0.2, 0.25) is 0 Å². The average Bonchev–Trinajstić information content (AvgIpc) is 2.69. The fourth-order valence-electron chi connectivity index (χ4n) is 3.52. The van der Waals surface area contributed by atoms with Crippen LogP contribution in [-0.2, 0) is 10.2 Å². The normalized spacial score (nSPS) is 15.7. The van der Waals surface area contributed by atoms with Crippen LogP contribution >= 0.6 is 0 Å². The zero-order valence-electron chi connectivity index (χ0n) is 18.2. The monoisotopic (exact) mass is 396 g/mol. The Balaban J connectivity index is 1.69. The van der Waals surface area contributed by atoms with E-state index in [1.807, 2.05) is 18.2 Å². The average molecular weight is 397 g/mol. The molecule has 0 radical (unpaired) electrons. The summed E-state index contributed by atoms with van der Waals surface area (Å²) in [6, 6.07) is 7.90. The van der Waals surface area contributed by atoms with Crippen LogP contribution in [0.15, 0.2) is 30.6 Å². The quantitative estimate of drug-likeness (QED) is 0.807. The Morgan fingerprint density at radius 1 is 1.14 bits per heavy atom. The maximum Gasteiger partial charge on any atom is 0.266 e. The Hall–Kier alpha value is -2.63. The van der Waals surface area contributed by atoms with E-state index in [2.05, 4.69) is 53.9 Å². The van der Waals surface area contributed by atoms with Gasteiger partial charge in [0.2, 0.25) is 0 Å². The van der Waals surface area contributed by atoms with Crippen LogP contribution in [0.25, 0.3) is 0 Å². The van der Waals surface area contributed by atoms with E-state index in [4.69, 9.17) is 4.74 Å². The molecule has 1 N–H and O–H groups in total. The number of anilines is 2. The molecule has 0 aliphatic carbocycles. The molecule has 1 unspecified atom stereocenters. The van der Waals surface area contributed by atoms with Gasteiger partial charge >= 0.3 is 0 Å². The predicted octanol–water partition coefficient (Wildman–Crippen LogP) is 4.48. The molecule has 1 aromatic heterocycles. The van der Waals surface area contributed by atoms with Crippen molar-refractivity contribution in [1.82, 2.24) is 9.97 Å². The number of nitrogens with zero attached hydrogens (tertiary/aromatic N) is 3. The van der Waals surface area contributed by atoms with Gasteiger partial charge in [0.15, 0.2) is 6.10 Å². The fraction of sp³-hybridized carbons (Fsp3) is 0.522. The van der Waals surface area contributed by atoms with Crippen LogP contribution in [0.3, 0.4) is 0 Å². The van der Waals surface area contributed by atoms with Gasteiger partial charge in [0.1, 0.15) is 23.7 Å². The number of carbonyl (C=O) groups is 1. The molecule has 3 rings (SSSR count). The second kappa shape index (κ2) is 8.80. The summed E-state index contributed by atoms with van der Waals surface area (Å²) >= 11 is 0. The zero-order valence-corrected chi connectivity index (χ0v) is 18.2. The highest BCUT2D eigenvalue weighted by molar-refractivity contribution is 5.93. The lowest BCUT2D eigenvalue weighted by Crippen LogP contribution is -2.32. The Morgan fingerprint density at radius 2 is 1.86 bits per heavy atom. The summed E-state index contributed by atoms with van der Waals surface area (Å²) in [4.78, 5) is 23.5. The number of rotatable bonds is 5. The molecule has 6 heteroatoms. The van der Waals surface area contributed by atoms with Crippen molar-refractivity contribution in [3.05, 3.63) is 41.7 Å². The summed E-state index contributed by atoms with van der Waals surface area (Å²) in [6.07, 6.45) is 4.46. The van der Waals surface area contributed by atoms with E-state index in [1.165, 1.54) is 31.2 Å². The minimum Gasteiger partial charge on any atom is -0.481 e. The van der Waals surface area contributed by atoms with E-state index in [0.29, 0.717) is 5.82 Å². The topological polar surface area (TPSA) is 67.3 Å². The molecular formula is C23H32N4O2. The first kappa shape index (κ1) is 21.1. The molecule has 29 heavy (non-hydrogen) atoms. The van der Waals surface area contributed by atoms with E-state index >= 15 is 0 Å². The van der Waals surface area contributed by atoms with Gasteiger partial charge in [0.05, 0.1) is 0 Å². The van der Waals surface area contributed by atoms with Crippen molar-refractivity contribution < 1.29 is 9.53 Å². The maximum atomic E-state index is 12.7. The number of benzene rings is 1. The number of hydrogen-bond acceptors (Lipinski definition) is 5. The molecule has 1 aliphatic heterocycles. The third kappa shape index (κ3) is 5.46. The van der Waals surface area contributed by atoms with Gasteiger partial charge in [0.25, 0.3) is 5.91 Å². The largest absolute Gasteiger partial charge is 0.481 e. The molecule has 0 bridgehead atoms. The lowest BCUT2D eigenvalue weighted by Gasteiger charge is -2.27. The molecule has 1 saturated heterocycles. The first-order chi connectivity index (χ1) is 13.7. The van der Waals surface area contributed by atoms with E-state index in [9.17, 15) is 4.79 Å². The van der Waals surface area contributed by atoms with Gasteiger partial charge in [-0.05, 0) is 50.2 Å². The molecule has 2 heterocycles. The van der Waals surface area contributed by atoms with Crippen molar-refractivity contribution in [3.63, 3.8) is 0 Å². The molecule has 1 aromatic carbocycles. The van der Waals surface area contributed by atoms with E-state index in [1.54, 1.807) is 6.92 Å². The summed E-state index contributed by atoms with van der Waals surface area (Å²) in [5, 5.41) is 2.87. The van der Waals surface area contributed by atoms with Crippen molar-refractivity contribution in [3.8, 4) is 5.75 Å². The summed E-state index contributed by atoms with van der Waals surface area (Å²) in [6.45, 7) is 12.2. The molecule has 1 fully saturated rings. The third-order valence-electron chi connectivity index (χ3n) is 5.20. The lowest BCUT2D eigenvalue weighted by atomic mass is 9.85. The van der Waals surface area contributed by atoms with Crippen molar-refractivity contribution in [1.29, 1.82) is 0 Å².